The first-order valence-electron chi connectivity index (χ1n) is 10.2. The minimum Gasteiger partial charge on any atom is -0.481 e. The highest BCUT2D eigenvalue weighted by Gasteiger charge is 2.21. The summed E-state index contributed by atoms with van der Waals surface area (Å²) < 4.78 is 5.79. The fraction of sp³-hybridized carbons (Fsp3) is 0.476. The number of rotatable bonds is 9. The molecule has 9 heteroatoms. The van der Waals surface area contributed by atoms with Crippen LogP contribution in [0.4, 0.5) is 5.82 Å². The molecule has 2 N–H and O–H groups in total. The molecule has 8 nitrogen and oxygen atoms in total. The lowest BCUT2D eigenvalue weighted by Crippen LogP contribution is -2.14. The molecule has 3 aromatic heterocycles. The standard InChI is InChI=1S/C21H25N5O3S/c1-13-23-12-17(30-13)15(11-20(27)28)10-19-26-25-18(29-19)6-2-5-16-8-7-14-4-3-9-22-21(14)24-16/h7-8,12,15H,2-6,9-11H2,1H3,(H,22,24)(H,27,28). The Morgan fingerprint density at radius 3 is 2.97 bits per heavy atom. The number of nitrogens with zero attached hydrogens (tertiary/aromatic N) is 4. The van der Waals surface area contributed by atoms with Crippen molar-refractivity contribution in [2.45, 2.75) is 57.8 Å². The van der Waals surface area contributed by atoms with Crippen LogP contribution < -0.4 is 5.32 Å². The molecule has 4 heterocycles. The van der Waals surface area contributed by atoms with E-state index in [9.17, 15) is 9.90 Å². The van der Waals surface area contributed by atoms with E-state index in [-0.39, 0.29) is 12.3 Å². The molecule has 0 bridgehead atoms. The molecule has 0 radical (unpaired) electrons. The highest BCUT2D eigenvalue weighted by Crippen LogP contribution is 2.29. The van der Waals surface area contributed by atoms with Gasteiger partial charge in [0.25, 0.3) is 0 Å². The van der Waals surface area contributed by atoms with Gasteiger partial charge < -0.3 is 14.8 Å². The monoisotopic (exact) mass is 427 g/mol. The van der Waals surface area contributed by atoms with Crippen molar-refractivity contribution < 1.29 is 14.3 Å². The quantitative estimate of drug-likeness (QED) is 0.533. The second-order valence-corrected chi connectivity index (χ2v) is 8.83. The van der Waals surface area contributed by atoms with Crippen molar-refractivity contribution in [3.8, 4) is 0 Å². The van der Waals surface area contributed by atoms with Gasteiger partial charge >= 0.3 is 5.97 Å². The molecule has 0 amide bonds. The van der Waals surface area contributed by atoms with Crippen LogP contribution in [0.25, 0.3) is 0 Å². The van der Waals surface area contributed by atoms with Crippen molar-refractivity contribution in [2.24, 2.45) is 0 Å². The van der Waals surface area contributed by atoms with Crippen LogP contribution in [0.1, 0.15) is 58.1 Å². The number of aromatic nitrogens is 4. The van der Waals surface area contributed by atoms with E-state index in [1.807, 2.05) is 6.92 Å². The molecule has 1 unspecified atom stereocenters. The maximum Gasteiger partial charge on any atom is 0.304 e. The van der Waals surface area contributed by atoms with E-state index in [4.69, 9.17) is 9.40 Å². The van der Waals surface area contributed by atoms with Crippen molar-refractivity contribution in [1.29, 1.82) is 0 Å². The molecule has 1 aliphatic heterocycles. The van der Waals surface area contributed by atoms with Crippen LogP contribution in [0.2, 0.25) is 0 Å². The number of aryl methyl sites for hydroxylation is 4. The van der Waals surface area contributed by atoms with Gasteiger partial charge in [-0.3, -0.25) is 4.79 Å². The number of aliphatic carboxylic acids is 1. The van der Waals surface area contributed by atoms with Crippen molar-refractivity contribution in [3.63, 3.8) is 0 Å². The Morgan fingerprint density at radius 2 is 2.17 bits per heavy atom. The normalized spacial score (nSPS) is 14.2. The number of thiazole rings is 1. The number of hydrogen-bond donors (Lipinski definition) is 2. The van der Waals surface area contributed by atoms with Gasteiger partial charge in [-0.05, 0) is 44.2 Å². The van der Waals surface area contributed by atoms with E-state index in [1.165, 1.54) is 16.9 Å². The molecule has 0 aliphatic carbocycles. The van der Waals surface area contributed by atoms with Gasteiger partial charge in [0.1, 0.15) is 5.82 Å². The minimum absolute atomic E-state index is 0.0113. The maximum atomic E-state index is 11.3. The van der Waals surface area contributed by atoms with Crippen LogP contribution in [0.3, 0.4) is 0 Å². The van der Waals surface area contributed by atoms with E-state index in [2.05, 4.69) is 32.6 Å². The van der Waals surface area contributed by atoms with Gasteiger partial charge in [0.05, 0.1) is 11.4 Å². The largest absolute Gasteiger partial charge is 0.481 e. The minimum atomic E-state index is -0.849. The van der Waals surface area contributed by atoms with E-state index in [0.717, 1.165) is 53.6 Å². The fourth-order valence-electron chi connectivity index (χ4n) is 3.66. The van der Waals surface area contributed by atoms with Crippen molar-refractivity contribution in [1.82, 2.24) is 20.2 Å². The van der Waals surface area contributed by atoms with Gasteiger partial charge in [-0.1, -0.05) is 6.07 Å². The van der Waals surface area contributed by atoms with E-state index in [1.54, 1.807) is 6.20 Å². The summed E-state index contributed by atoms with van der Waals surface area (Å²) in [4.78, 5) is 21.1. The summed E-state index contributed by atoms with van der Waals surface area (Å²) in [5, 5.41) is 21.8. The van der Waals surface area contributed by atoms with Gasteiger partial charge in [0.15, 0.2) is 0 Å². The van der Waals surface area contributed by atoms with Gasteiger partial charge in [-0.2, -0.15) is 0 Å². The zero-order chi connectivity index (χ0) is 20.9. The Balaban J connectivity index is 1.32. The summed E-state index contributed by atoms with van der Waals surface area (Å²) in [6.45, 7) is 2.89. The van der Waals surface area contributed by atoms with Crippen LogP contribution in [0.15, 0.2) is 22.7 Å². The van der Waals surface area contributed by atoms with Gasteiger partial charge in [-0.25, -0.2) is 9.97 Å². The molecule has 30 heavy (non-hydrogen) atoms. The number of pyridine rings is 1. The predicted molar refractivity (Wildman–Crippen MR) is 113 cm³/mol. The summed E-state index contributed by atoms with van der Waals surface area (Å²) in [7, 11) is 0. The average Bonchev–Trinajstić information content (AvgIpc) is 3.36. The van der Waals surface area contributed by atoms with Crippen molar-refractivity contribution in [2.75, 3.05) is 11.9 Å². The Hall–Kier alpha value is -2.81. The van der Waals surface area contributed by atoms with Crippen molar-refractivity contribution in [3.05, 3.63) is 51.3 Å². The van der Waals surface area contributed by atoms with Gasteiger partial charge in [0.2, 0.25) is 11.8 Å². The van der Waals surface area contributed by atoms with Crippen molar-refractivity contribution >= 4 is 23.1 Å². The number of carboxylic acids is 1. The fourth-order valence-corrected chi connectivity index (χ4v) is 4.55. The number of carboxylic acid groups (broad SMARTS) is 1. The number of carbonyl (C=O) groups is 1. The third kappa shape index (κ3) is 5.21. The SMILES string of the molecule is Cc1ncc(C(CC(=O)O)Cc2nnc(CCCc3ccc4c(n3)NCCC4)o2)s1. The zero-order valence-electron chi connectivity index (χ0n) is 16.9. The smallest absolute Gasteiger partial charge is 0.304 e. The Kier molecular flexibility index (Phi) is 6.37. The lowest BCUT2D eigenvalue weighted by molar-refractivity contribution is -0.137. The lowest BCUT2D eigenvalue weighted by atomic mass is 10.0. The maximum absolute atomic E-state index is 11.3. The first kappa shape index (κ1) is 20.5. The number of anilines is 1. The molecule has 3 aromatic rings. The highest BCUT2D eigenvalue weighted by atomic mass is 32.1. The number of hydrogen-bond acceptors (Lipinski definition) is 8. The van der Waals surface area contributed by atoms with E-state index in [0.29, 0.717) is 24.6 Å². The topological polar surface area (TPSA) is 114 Å². The second-order valence-electron chi connectivity index (χ2n) is 7.56. The highest BCUT2D eigenvalue weighted by molar-refractivity contribution is 7.11. The van der Waals surface area contributed by atoms with E-state index >= 15 is 0 Å². The van der Waals surface area contributed by atoms with E-state index < -0.39 is 5.97 Å². The zero-order valence-corrected chi connectivity index (χ0v) is 17.7. The Bertz CT molecular complexity index is 1020. The molecule has 158 valence electrons. The second kappa shape index (κ2) is 9.34. The predicted octanol–water partition coefficient (Wildman–Crippen LogP) is 3.56. The third-order valence-corrected chi connectivity index (χ3v) is 6.24. The summed E-state index contributed by atoms with van der Waals surface area (Å²) in [6, 6.07) is 4.26. The average molecular weight is 428 g/mol. The molecule has 4 rings (SSSR count). The molecule has 1 atom stereocenters. The number of nitrogens with one attached hydrogen (secondary N) is 1. The number of fused-ring (bicyclic) bond motifs is 1. The summed E-state index contributed by atoms with van der Waals surface area (Å²) in [6.07, 6.45) is 6.77. The first-order chi connectivity index (χ1) is 14.6. The lowest BCUT2D eigenvalue weighted by Gasteiger charge is -2.17. The molecule has 0 saturated carbocycles. The Morgan fingerprint density at radius 1 is 1.30 bits per heavy atom. The molecular formula is C21H25N5O3S. The summed E-state index contributed by atoms with van der Waals surface area (Å²) >= 11 is 1.51. The molecule has 0 fully saturated rings. The van der Waals surface area contributed by atoms with Crippen LogP contribution in [0, 0.1) is 6.92 Å². The van der Waals surface area contributed by atoms with Crippen LogP contribution >= 0.6 is 11.3 Å². The van der Waals surface area contributed by atoms with Crippen LogP contribution in [-0.2, 0) is 30.5 Å². The van der Waals surface area contributed by atoms with Gasteiger partial charge in [0, 0.05) is 42.1 Å². The summed E-state index contributed by atoms with van der Waals surface area (Å²) in [5.41, 5.74) is 2.35. The third-order valence-electron chi connectivity index (χ3n) is 5.17. The summed E-state index contributed by atoms with van der Waals surface area (Å²) in [5.74, 6) is 1.00. The molecule has 0 aromatic carbocycles. The Labute approximate surface area is 178 Å². The molecule has 1 aliphatic rings. The van der Waals surface area contributed by atoms with Crippen LogP contribution in [0.5, 0.6) is 0 Å². The van der Waals surface area contributed by atoms with Gasteiger partial charge in [-0.15, -0.1) is 21.5 Å². The molecule has 0 saturated heterocycles. The molecule has 0 spiro atoms. The molecular weight excluding hydrogens is 402 g/mol. The first-order valence-corrected chi connectivity index (χ1v) is 11.1. The van der Waals surface area contributed by atoms with Crippen LogP contribution in [-0.4, -0.2) is 37.8 Å².